The van der Waals surface area contributed by atoms with Gasteiger partial charge in [-0.1, -0.05) is 11.6 Å². The number of guanidine groups is 1. The van der Waals surface area contributed by atoms with Gasteiger partial charge in [0, 0.05) is 38.2 Å². The van der Waals surface area contributed by atoms with Crippen LogP contribution in [0.3, 0.4) is 0 Å². The van der Waals surface area contributed by atoms with Gasteiger partial charge < -0.3 is 15.4 Å². The predicted octanol–water partition coefficient (Wildman–Crippen LogP) is 2.93. The fourth-order valence-electron chi connectivity index (χ4n) is 1.93. The van der Waals surface area contributed by atoms with Crippen LogP contribution >= 0.6 is 22.9 Å². The van der Waals surface area contributed by atoms with E-state index in [1.807, 2.05) is 6.07 Å². The van der Waals surface area contributed by atoms with E-state index in [1.54, 1.807) is 18.4 Å². The molecule has 0 aliphatic heterocycles. The number of rotatable bonds is 9. The summed E-state index contributed by atoms with van der Waals surface area (Å²) in [5, 5.41) is 6.61. The molecule has 1 heterocycles. The van der Waals surface area contributed by atoms with E-state index in [0.717, 1.165) is 55.4 Å². The van der Waals surface area contributed by atoms with Crippen LogP contribution in [0.1, 0.15) is 24.1 Å². The molecule has 2 rings (SSSR count). The van der Waals surface area contributed by atoms with Crippen LogP contribution in [0.5, 0.6) is 0 Å². The van der Waals surface area contributed by atoms with E-state index in [-0.39, 0.29) is 0 Å². The molecule has 1 aliphatic rings. The second-order valence-electron chi connectivity index (χ2n) is 5.25. The van der Waals surface area contributed by atoms with Crippen LogP contribution in [0.4, 0.5) is 0 Å². The van der Waals surface area contributed by atoms with E-state index in [0.29, 0.717) is 0 Å². The van der Waals surface area contributed by atoms with E-state index >= 15 is 0 Å². The van der Waals surface area contributed by atoms with Gasteiger partial charge in [0.05, 0.1) is 4.34 Å². The summed E-state index contributed by atoms with van der Waals surface area (Å²) in [5.74, 6) is 1.69. The van der Waals surface area contributed by atoms with Gasteiger partial charge in [-0.05, 0) is 43.7 Å². The van der Waals surface area contributed by atoms with Crippen molar-refractivity contribution < 1.29 is 4.74 Å². The Hall–Kier alpha value is -0.780. The SMILES string of the molecule is CN=C(NCCCOCC1CC1)NCCc1ccc(Cl)s1. The zero-order valence-corrected chi connectivity index (χ0v) is 14.1. The number of thiophene rings is 1. The Morgan fingerprint density at radius 2 is 2.19 bits per heavy atom. The molecule has 2 N–H and O–H groups in total. The average Bonchev–Trinajstić information content (AvgIpc) is 3.22. The van der Waals surface area contributed by atoms with Crippen LogP contribution in [0, 0.1) is 5.92 Å². The molecule has 1 aromatic heterocycles. The summed E-state index contributed by atoms with van der Waals surface area (Å²) in [6.07, 6.45) is 4.67. The fourth-order valence-corrected chi connectivity index (χ4v) is 3.01. The number of ether oxygens (including phenoxy) is 1. The van der Waals surface area contributed by atoms with E-state index < -0.39 is 0 Å². The summed E-state index contributed by atoms with van der Waals surface area (Å²) >= 11 is 7.54. The maximum atomic E-state index is 5.91. The quantitative estimate of drug-likeness (QED) is 0.416. The number of hydrogen-bond acceptors (Lipinski definition) is 3. The Morgan fingerprint density at radius 1 is 1.38 bits per heavy atom. The third-order valence-corrected chi connectivity index (χ3v) is 4.62. The van der Waals surface area contributed by atoms with Crippen LogP contribution in [-0.4, -0.2) is 39.3 Å². The van der Waals surface area contributed by atoms with Gasteiger partial charge >= 0.3 is 0 Å². The first-order chi connectivity index (χ1) is 10.3. The Labute approximate surface area is 135 Å². The fraction of sp³-hybridized carbons (Fsp3) is 0.667. The van der Waals surface area contributed by atoms with Gasteiger partial charge in [0.15, 0.2) is 5.96 Å². The third kappa shape index (κ3) is 7.16. The highest BCUT2D eigenvalue weighted by atomic mass is 35.5. The minimum absolute atomic E-state index is 0.828. The molecule has 0 radical (unpaired) electrons. The number of halogens is 1. The van der Waals surface area contributed by atoms with Gasteiger partial charge in [-0.25, -0.2) is 0 Å². The highest BCUT2D eigenvalue weighted by Crippen LogP contribution is 2.28. The highest BCUT2D eigenvalue weighted by Gasteiger charge is 2.20. The molecule has 0 aromatic carbocycles. The van der Waals surface area contributed by atoms with Gasteiger partial charge in [0.25, 0.3) is 0 Å². The monoisotopic (exact) mass is 329 g/mol. The topological polar surface area (TPSA) is 45.7 Å². The molecule has 0 atom stereocenters. The Balaban J connectivity index is 1.49. The summed E-state index contributed by atoms with van der Waals surface area (Å²) in [7, 11) is 1.79. The predicted molar refractivity (Wildman–Crippen MR) is 90.6 cm³/mol. The van der Waals surface area contributed by atoms with Crippen LogP contribution in [0.2, 0.25) is 4.34 Å². The molecular weight excluding hydrogens is 306 g/mol. The largest absolute Gasteiger partial charge is 0.381 e. The van der Waals surface area contributed by atoms with Gasteiger partial charge in [0.2, 0.25) is 0 Å². The van der Waals surface area contributed by atoms with Crippen molar-refractivity contribution in [1.82, 2.24) is 10.6 Å². The summed E-state index contributed by atoms with van der Waals surface area (Å²) in [6.45, 7) is 3.51. The van der Waals surface area contributed by atoms with Crippen molar-refractivity contribution in [3.8, 4) is 0 Å². The highest BCUT2D eigenvalue weighted by molar-refractivity contribution is 7.16. The van der Waals surface area contributed by atoms with Crippen LogP contribution in [0.25, 0.3) is 0 Å². The zero-order valence-electron chi connectivity index (χ0n) is 12.5. The molecule has 1 aromatic rings. The van der Waals surface area contributed by atoms with Crippen LogP contribution in [0.15, 0.2) is 17.1 Å². The summed E-state index contributed by atoms with van der Waals surface area (Å²) < 4.78 is 6.45. The van der Waals surface area contributed by atoms with Crippen molar-refractivity contribution in [3.05, 3.63) is 21.3 Å². The van der Waals surface area contributed by atoms with Crippen molar-refractivity contribution in [2.45, 2.75) is 25.7 Å². The number of nitrogens with one attached hydrogen (secondary N) is 2. The lowest BCUT2D eigenvalue weighted by atomic mass is 10.3. The van der Waals surface area contributed by atoms with Crippen molar-refractivity contribution in [2.75, 3.05) is 33.4 Å². The standard InChI is InChI=1S/C15H24ClN3OS/c1-17-15(18-8-2-10-20-11-12-3-4-12)19-9-7-13-5-6-14(16)21-13/h5-6,12H,2-4,7-11H2,1H3,(H2,17,18,19). The number of hydrogen-bond donors (Lipinski definition) is 2. The van der Waals surface area contributed by atoms with E-state index in [1.165, 1.54) is 17.7 Å². The Bertz CT molecular complexity index is 446. The Kier molecular flexibility index (Phi) is 7.33. The van der Waals surface area contributed by atoms with Gasteiger partial charge in [-0.3, -0.25) is 4.99 Å². The van der Waals surface area contributed by atoms with Crippen LogP contribution in [-0.2, 0) is 11.2 Å². The first kappa shape index (κ1) is 16.6. The molecule has 0 bridgehead atoms. The molecule has 1 saturated carbocycles. The molecule has 0 amide bonds. The maximum Gasteiger partial charge on any atom is 0.190 e. The molecular formula is C15H24ClN3OS. The molecule has 118 valence electrons. The molecule has 6 heteroatoms. The minimum atomic E-state index is 0.828. The zero-order chi connectivity index (χ0) is 14.9. The molecule has 0 saturated heterocycles. The normalized spacial score (nSPS) is 15.2. The third-order valence-electron chi connectivity index (χ3n) is 3.32. The molecule has 21 heavy (non-hydrogen) atoms. The summed E-state index contributed by atoms with van der Waals surface area (Å²) in [6, 6.07) is 4.01. The van der Waals surface area contributed by atoms with Crippen molar-refractivity contribution in [1.29, 1.82) is 0 Å². The minimum Gasteiger partial charge on any atom is -0.381 e. The lowest BCUT2D eigenvalue weighted by Crippen LogP contribution is -2.38. The van der Waals surface area contributed by atoms with Crippen molar-refractivity contribution >= 4 is 28.9 Å². The van der Waals surface area contributed by atoms with E-state index in [4.69, 9.17) is 16.3 Å². The molecule has 1 fully saturated rings. The average molecular weight is 330 g/mol. The molecule has 4 nitrogen and oxygen atoms in total. The number of aliphatic imine (C=N–C) groups is 1. The first-order valence-electron chi connectivity index (χ1n) is 7.54. The summed E-state index contributed by atoms with van der Waals surface area (Å²) in [4.78, 5) is 5.50. The maximum absolute atomic E-state index is 5.91. The van der Waals surface area contributed by atoms with Crippen molar-refractivity contribution in [3.63, 3.8) is 0 Å². The summed E-state index contributed by atoms with van der Waals surface area (Å²) in [5.41, 5.74) is 0. The molecule has 0 spiro atoms. The van der Waals surface area contributed by atoms with E-state index in [9.17, 15) is 0 Å². The Morgan fingerprint density at radius 3 is 2.86 bits per heavy atom. The second kappa shape index (κ2) is 9.28. The first-order valence-corrected chi connectivity index (χ1v) is 8.74. The van der Waals surface area contributed by atoms with Gasteiger partial charge in [0.1, 0.15) is 0 Å². The van der Waals surface area contributed by atoms with Gasteiger partial charge in [-0.2, -0.15) is 0 Å². The second-order valence-corrected chi connectivity index (χ2v) is 7.05. The number of nitrogens with zero attached hydrogens (tertiary/aromatic N) is 1. The molecule has 1 aliphatic carbocycles. The van der Waals surface area contributed by atoms with Crippen molar-refractivity contribution in [2.24, 2.45) is 10.9 Å². The van der Waals surface area contributed by atoms with E-state index in [2.05, 4.69) is 21.7 Å². The lowest BCUT2D eigenvalue weighted by molar-refractivity contribution is 0.123. The van der Waals surface area contributed by atoms with Gasteiger partial charge in [-0.15, -0.1) is 11.3 Å². The lowest BCUT2D eigenvalue weighted by Gasteiger charge is -2.11. The molecule has 0 unspecified atom stereocenters. The smallest absolute Gasteiger partial charge is 0.190 e. The van der Waals surface area contributed by atoms with Crippen LogP contribution < -0.4 is 10.6 Å².